The summed E-state index contributed by atoms with van der Waals surface area (Å²) >= 11 is 0. The van der Waals surface area contributed by atoms with Crippen molar-refractivity contribution in [3.8, 4) is 11.5 Å². The highest BCUT2D eigenvalue weighted by molar-refractivity contribution is 5.65. The van der Waals surface area contributed by atoms with Crippen molar-refractivity contribution in [2.75, 3.05) is 30.8 Å². The fourth-order valence-electron chi connectivity index (χ4n) is 2.28. The lowest BCUT2D eigenvalue weighted by Crippen LogP contribution is -2.15. The number of nitrogens with two attached hydrogens (primary N) is 1. The highest BCUT2D eigenvalue weighted by Gasteiger charge is 2.11. The van der Waals surface area contributed by atoms with Crippen molar-refractivity contribution in [2.45, 2.75) is 6.42 Å². The number of anilines is 2. The molecule has 0 unspecified atom stereocenters. The van der Waals surface area contributed by atoms with Gasteiger partial charge in [-0.3, -0.25) is 0 Å². The minimum atomic E-state index is -0.329. The van der Waals surface area contributed by atoms with Crippen molar-refractivity contribution >= 4 is 11.4 Å². The zero-order chi connectivity index (χ0) is 14.7. The lowest BCUT2D eigenvalue weighted by molar-refractivity contribution is 0.171. The van der Waals surface area contributed by atoms with Gasteiger partial charge >= 0.3 is 0 Å². The Kier molecular flexibility index (Phi) is 3.81. The van der Waals surface area contributed by atoms with E-state index in [1.165, 1.54) is 12.1 Å². The van der Waals surface area contributed by atoms with Crippen LogP contribution in [0.3, 0.4) is 0 Å². The molecule has 0 radical (unpaired) electrons. The monoisotopic (exact) mass is 288 g/mol. The van der Waals surface area contributed by atoms with Crippen molar-refractivity contribution in [2.24, 2.45) is 0 Å². The zero-order valence-electron chi connectivity index (χ0n) is 11.6. The van der Waals surface area contributed by atoms with Gasteiger partial charge in [0.05, 0.1) is 11.4 Å². The van der Waals surface area contributed by atoms with Gasteiger partial charge in [-0.05, 0) is 42.3 Å². The molecule has 1 heterocycles. The Morgan fingerprint density at radius 1 is 1.05 bits per heavy atom. The molecule has 2 aromatic rings. The fraction of sp³-hybridized carbons (Fsp3) is 0.250. The molecule has 2 aromatic carbocycles. The first-order valence-corrected chi connectivity index (χ1v) is 6.90. The van der Waals surface area contributed by atoms with E-state index in [1.807, 2.05) is 18.2 Å². The van der Waals surface area contributed by atoms with Crippen LogP contribution >= 0.6 is 0 Å². The Bertz CT molecular complexity index is 646. The van der Waals surface area contributed by atoms with Crippen LogP contribution in [-0.2, 0) is 6.42 Å². The molecule has 0 saturated carbocycles. The van der Waals surface area contributed by atoms with Crippen molar-refractivity contribution in [1.29, 1.82) is 0 Å². The largest absolute Gasteiger partial charge is 0.486 e. The van der Waals surface area contributed by atoms with Gasteiger partial charge in [0, 0.05) is 6.54 Å². The van der Waals surface area contributed by atoms with E-state index in [4.69, 9.17) is 15.2 Å². The first-order chi connectivity index (χ1) is 10.2. The van der Waals surface area contributed by atoms with Crippen LogP contribution in [0, 0.1) is 5.82 Å². The third-order valence-electron chi connectivity index (χ3n) is 3.35. The van der Waals surface area contributed by atoms with E-state index in [1.54, 1.807) is 6.07 Å². The molecule has 4 nitrogen and oxygen atoms in total. The molecule has 0 amide bonds. The maximum absolute atomic E-state index is 13.0. The second-order valence-corrected chi connectivity index (χ2v) is 4.89. The topological polar surface area (TPSA) is 56.5 Å². The molecule has 0 spiro atoms. The van der Waals surface area contributed by atoms with Gasteiger partial charge in [0.15, 0.2) is 11.5 Å². The van der Waals surface area contributed by atoms with Crippen LogP contribution in [0.15, 0.2) is 36.4 Å². The first kappa shape index (κ1) is 13.5. The number of ether oxygens (including phenoxy) is 2. The Hall–Kier alpha value is -2.43. The van der Waals surface area contributed by atoms with Gasteiger partial charge in [0.25, 0.3) is 0 Å². The molecule has 0 bridgehead atoms. The van der Waals surface area contributed by atoms with E-state index in [0.29, 0.717) is 25.4 Å². The molecule has 110 valence electrons. The van der Waals surface area contributed by atoms with Crippen LogP contribution in [0.25, 0.3) is 0 Å². The molecule has 0 saturated heterocycles. The molecule has 1 aliphatic heterocycles. The van der Waals surface area contributed by atoms with E-state index >= 15 is 0 Å². The third-order valence-corrected chi connectivity index (χ3v) is 3.35. The summed E-state index contributed by atoms with van der Waals surface area (Å²) in [4.78, 5) is 0. The zero-order valence-corrected chi connectivity index (χ0v) is 11.6. The Morgan fingerprint density at radius 2 is 1.86 bits per heavy atom. The number of nitrogens with one attached hydrogen (secondary N) is 1. The van der Waals surface area contributed by atoms with E-state index < -0.39 is 0 Å². The summed E-state index contributed by atoms with van der Waals surface area (Å²) in [6.07, 6.45) is 0.813. The van der Waals surface area contributed by atoms with Gasteiger partial charge in [-0.2, -0.15) is 0 Å². The van der Waals surface area contributed by atoms with Crippen LogP contribution in [0.5, 0.6) is 11.5 Å². The molecule has 0 atom stereocenters. The average molecular weight is 288 g/mol. The van der Waals surface area contributed by atoms with Crippen molar-refractivity contribution in [3.63, 3.8) is 0 Å². The summed E-state index contributed by atoms with van der Waals surface area (Å²) in [7, 11) is 0. The maximum Gasteiger partial charge on any atom is 0.161 e. The summed E-state index contributed by atoms with van der Waals surface area (Å²) in [6, 6.07) is 10.3. The van der Waals surface area contributed by atoms with Crippen LogP contribution in [0.2, 0.25) is 0 Å². The predicted molar refractivity (Wildman–Crippen MR) is 80.4 cm³/mol. The van der Waals surface area contributed by atoms with Crippen LogP contribution in [0.4, 0.5) is 15.8 Å². The van der Waals surface area contributed by atoms with Gasteiger partial charge in [0.2, 0.25) is 0 Å². The minimum absolute atomic E-state index is 0.329. The number of hydrogen-bond donors (Lipinski definition) is 2. The highest BCUT2D eigenvalue weighted by atomic mass is 19.1. The Labute approximate surface area is 122 Å². The van der Waals surface area contributed by atoms with Gasteiger partial charge in [-0.15, -0.1) is 0 Å². The number of rotatable bonds is 4. The summed E-state index contributed by atoms with van der Waals surface area (Å²) in [5, 5.41) is 3.20. The molecule has 5 heteroatoms. The van der Waals surface area contributed by atoms with Crippen LogP contribution < -0.4 is 20.5 Å². The molecular formula is C16H17FN2O2. The van der Waals surface area contributed by atoms with E-state index in [9.17, 15) is 4.39 Å². The highest BCUT2D eigenvalue weighted by Crippen LogP contribution is 2.30. The van der Waals surface area contributed by atoms with Gasteiger partial charge < -0.3 is 20.5 Å². The van der Waals surface area contributed by atoms with Crippen LogP contribution in [0.1, 0.15) is 5.56 Å². The van der Waals surface area contributed by atoms with Gasteiger partial charge in [-0.25, -0.2) is 4.39 Å². The van der Waals surface area contributed by atoms with E-state index in [0.717, 1.165) is 29.2 Å². The summed E-state index contributed by atoms with van der Waals surface area (Å²) in [5.41, 5.74) is 8.06. The molecule has 1 aliphatic rings. The summed E-state index contributed by atoms with van der Waals surface area (Å²) < 4.78 is 24.0. The minimum Gasteiger partial charge on any atom is -0.486 e. The standard InChI is InChI=1S/C16H17FN2O2/c17-12-2-3-14(13(18)10-12)19-6-5-11-1-4-15-16(9-11)21-8-7-20-15/h1-4,9-10,19H,5-8,18H2. The molecule has 3 rings (SSSR count). The second-order valence-electron chi connectivity index (χ2n) is 4.89. The number of hydrogen-bond acceptors (Lipinski definition) is 4. The summed E-state index contributed by atoms with van der Waals surface area (Å²) in [5.74, 6) is 1.26. The smallest absolute Gasteiger partial charge is 0.161 e. The number of nitrogen functional groups attached to an aromatic ring is 1. The molecule has 0 fully saturated rings. The SMILES string of the molecule is Nc1cc(F)ccc1NCCc1ccc2c(c1)OCCO2. The number of fused-ring (bicyclic) bond motifs is 1. The third kappa shape index (κ3) is 3.18. The van der Waals surface area contributed by atoms with Crippen LogP contribution in [-0.4, -0.2) is 19.8 Å². The quantitative estimate of drug-likeness (QED) is 0.849. The van der Waals surface area contributed by atoms with E-state index in [-0.39, 0.29) is 5.82 Å². The molecule has 0 aliphatic carbocycles. The Morgan fingerprint density at radius 3 is 2.67 bits per heavy atom. The lowest BCUT2D eigenvalue weighted by atomic mass is 10.1. The second kappa shape index (κ2) is 5.91. The number of benzene rings is 2. The normalized spacial score (nSPS) is 13.0. The fourth-order valence-corrected chi connectivity index (χ4v) is 2.28. The predicted octanol–water partition coefficient (Wildman–Crippen LogP) is 2.83. The molecule has 0 aromatic heterocycles. The summed E-state index contributed by atoms with van der Waals surface area (Å²) in [6.45, 7) is 1.88. The molecule has 21 heavy (non-hydrogen) atoms. The van der Waals surface area contributed by atoms with Gasteiger partial charge in [-0.1, -0.05) is 6.07 Å². The van der Waals surface area contributed by atoms with Crippen molar-refractivity contribution < 1.29 is 13.9 Å². The van der Waals surface area contributed by atoms with Crippen molar-refractivity contribution in [1.82, 2.24) is 0 Å². The molecule has 3 N–H and O–H groups in total. The number of halogens is 1. The maximum atomic E-state index is 13.0. The lowest BCUT2D eigenvalue weighted by Gasteiger charge is -2.19. The van der Waals surface area contributed by atoms with Crippen molar-refractivity contribution in [3.05, 3.63) is 47.8 Å². The molecular weight excluding hydrogens is 271 g/mol. The van der Waals surface area contributed by atoms with Gasteiger partial charge in [0.1, 0.15) is 19.0 Å². The average Bonchev–Trinajstić information content (AvgIpc) is 2.49. The van der Waals surface area contributed by atoms with E-state index in [2.05, 4.69) is 5.32 Å². The first-order valence-electron chi connectivity index (χ1n) is 6.90. The Balaban J connectivity index is 1.60.